The van der Waals surface area contributed by atoms with Crippen LogP contribution in [0.1, 0.15) is 5.56 Å². The Hall–Kier alpha value is -2.75. The number of thiophene rings is 2. The van der Waals surface area contributed by atoms with E-state index in [1.165, 1.54) is 57.2 Å². The Morgan fingerprint density at radius 3 is 2.36 bits per heavy atom. The molecule has 3 aromatic heterocycles. The quantitative estimate of drug-likeness (QED) is 0.258. The molecule has 0 amide bonds. The van der Waals surface area contributed by atoms with Crippen LogP contribution in [0.15, 0.2) is 72.9 Å². The maximum absolute atomic E-state index is 2.31. The fraction of sp³-hybridized carbons (Fsp3) is 0.0800. The maximum Gasteiger partial charge on any atom is 0.230 e. The third-order valence-corrected chi connectivity index (χ3v) is 8.05. The van der Waals surface area contributed by atoms with E-state index in [0.717, 1.165) is 0 Å². The average Bonchev–Trinajstić information content (AvgIpc) is 3.26. The molecule has 6 aromatic rings. The fourth-order valence-corrected chi connectivity index (χ4v) is 6.93. The summed E-state index contributed by atoms with van der Waals surface area (Å²) < 4.78 is 7.79. The molecule has 0 N–H and O–H groups in total. The van der Waals surface area contributed by atoms with Crippen LogP contribution in [0.5, 0.6) is 0 Å². The monoisotopic (exact) mass is 396 g/mol. The minimum atomic E-state index is 1.31. The van der Waals surface area contributed by atoms with E-state index in [-0.39, 0.29) is 0 Å². The fourth-order valence-electron chi connectivity index (χ4n) is 4.30. The third kappa shape index (κ3) is 2.15. The zero-order chi connectivity index (χ0) is 18.8. The largest absolute Gasteiger partial charge is 0.230 e. The Kier molecular flexibility index (Phi) is 3.40. The van der Waals surface area contributed by atoms with Gasteiger partial charge in [0.15, 0.2) is 6.20 Å². The molecule has 134 valence electrons. The zero-order valence-electron chi connectivity index (χ0n) is 15.7. The number of pyridine rings is 1. The first-order valence-electron chi connectivity index (χ1n) is 9.43. The van der Waals surface area contributed by atoms with Crippen LogP contribution in [0.2, 0.25) is 0 Å². The highest BCUT2D eigenvalue weighted by Gasteiger charge is 2.21. The van der Waals surface area contributed by atoms with Crippen molar-refractivity contribution in [3.8, 4) is 11.3 Å². The molecular weight excluding hydrogens is 378 g/mol. The molecule has 0 bridgehead atoms. The predicted molar refractivity (Wildman–Crippen MR) is 124 cm³/mol. The van der Waals surface area contributed by atoms with Gasteiger partial charge >= 0.3 is 0 Å². The molecule has 0 spiro atoms. The smallest absolute Gasteiger partial charge is 0.200 e. The number of nitrogens with zero attached hydrogens (tertiary/aromatic N) is 1. The minimum absolute atomic E-state index is 1.31. The van der Waals surface area contributed by atoms with E-state index in [4.69, 9.17) is 0 Å². The van der Waals surface area contributed by atoms with Crippen LogP contribution in [0.25, 0.3) is 51.6 Å². The molecule has 0 fully saturated rings. The summed E-state index contributed by atoms with van der Waals surface area (Å²) in [6, 6.07) is 24.4. The molecule has 0 radical (unpaired) electrons. The zero-order valence-corrected chi connectivity index (χ0v) is 17.3. The van der Waals surface area contributed by atoms with Crippen molar-refractivity contribution in [1.82, 2.24) is 0 Å². The molecule has 1 nitrogen and oxygen atoms in total. The molecule has 3 heteroatoms. The topological polar surface area (TPSA) is 3.88 Å². The van der Waals surface area contributed by atoms with Crippen molar-refractivity contribution in [3.05, 3.63) is 78.5 Å². The number of hydrogen-bond acceptors (Lipinski definition) is 2. The van der Waals surface area contributed by atoms with E-state index >= 15 is 0 Å². The van der Waals surface area contributed by atoms with Gasteiger partial charge in [-0.2, -0.15) is 4.57 Å². The van der Waals surface area contributed by atoms with Gasteiger partial charge in [-0.25, -0.2) is 0 Å². The van der Waals surface area contributed by atoms with Crippen LogP contribution in [0.4, 0.5) is 0 Å². The molecule has 0 atom stereocenters. The van der Waals surface area contributed by atoms with E-state index in [2.05, 4.69) is 91.5 Å². The van der Waals surface area contributed by atoms with Gasteiger partial charge in [-0.3, -0.25) is 0 Å². The Morgan fingerprint density at radius 2 is 1.46 bits per heavy atom. The Bertz CT molecular complexity index is 1530. The summed E-state index contributed by atoms with van der Waals surface area (Å²) in [5.41, 5.74) is 3.94. The standard InChI is InChI=1S/C25H18NS2/c1-15-7-3-4-8-16(15)23-25-18(13-14-26(23)2)17-11-12-21-22(24(17)28-25)19-9-5-6-10-20(19)27-21/h3-14H,1-2H3/q+1. The van der Waals surface area contributed by atoms with Crippen molar-refractivity contribution >= 4 is 63.0 Å². The predicted octanol–water partition coefficient (Wildman–Crippen LogP) is 7.22. The second-order valence-electron chi connectivity index (χ2n) is 7.35. The van der Waals surface area contributed by atoms with Gasteiger partial charge in [-0.1, -0.05) is 42.5 Å². The summed E-state index contributed by atoms with van der Waals surface area (Å²) >= 11 is 3.83. The van der Waals surface area contributed by atoms with E-state index in [0.29, 0.717) is 0 Å². The first kappa shape index (κ1) is 16.2. The number of aromatic nitrogens is 1. The van der Waals surface area contributed by atoms with Crippen LogP contribution in [-0.2, 0) is 7.05 Å². The first-order valence-corrected chi connectivity index (χ1v) is 11.1. The number of aryl methyl sites for hydroxylation is 2. The molecule has 3 aromatic carbocycles. The van der Waals surface area contributed by atoms with Crippen molar-refractivity contribution in [2.24, 2.45) is 7.05 Å². The van der Waals surface area contributed by atoms with Crippen molar-refractivity contribution in [2.75, 3.05) is 0 Å². The van der Waals surface area contributed by atoms with Gasteiger partial charge in [-0.05, 0) is 30.7 Å². The van der Waals surface area contributed by atoms with E-state index in [1.807, 2.05) is 22.7 Å². The number of fused-ring (bicyclic) bond motifs is 7. The number of benzene rings is 3. The number of hydrogen-bond donors (Lipinski definition) is 0. The van der Waals surface area contributed by atoms with Gasteiger partial charge in [0.2, 0.25) is 5.69 Å². The van der Waals surface area contributed by atoms with Gasteiger partial charge in [-0.15, -0.1) is 22.7 Å². The Balaban J connectivity index is 1.82. The summed E-state index contributed by atoms with van der Waals surface area (Å²) in [6.45, 7) is 2.20. The highest BCUT2D eigenvalue weighted by atomic mass is 32.1. The highest BCUT2D eigenvalue weighted by Crippen LogP contribution is 2.45. The Labute approximate surface area is 171 Å². The van der Waals surface area contributed by atoms with Gasteiger partial charge in [0, 0.05) is 41.7 Å². The summed E-state index contributed by atoms with van der Waals surface area (Å²) in [6.07, 6.45) is 2.20. The SMILES string of the molecule is Cc1ccccc1-c1c2sc3c(ccc4sc5ccccc5c43)c2cc[n+]1C. The van der Waals surface area contributed by atoms with Crippen molar-refractivity contribution in [2.45, 2.75) is 6.92 Å². The lowest BCUT2D eigenvalue weighted by Gasteiger charge is -2.05. The average molecular weight is 397 g/mol. The first-order chi connectivity index (χ1) is 13.7. The summed E-state index contributed by atoms with van der Waals surface area (Å²) in [7, 11) is 2.15. The van der Waals surface area contributed by atoms with E-state index in [1.54, 1.807) is 0 Å². The lowest BCUT2D eigenvalue weighted by molar-refractivity contribution is -0.659. The molecule has 0 saturated carbocycles. The van der Waals surface area contributed by atoms with Crippen molar-refractivity contribution < 1.29 is 4.57 Å². The van der Waals surface area contributed by atoms with Crippen LogP contribution >= 0.6 is 22.7 Å². The normalized spacial score (nSPS) is 11.9. The summed E-state index contributed by atoms with van der Waals surface area (Å²) in [4.78, 5) is 0. The molecule has 28 heavy (non-hydrogen) atoms. The molecular formula is C25H18NS2+. The third-order valence-electron chi connectivity index (χ3n) is 5.67. The van der Waals surface area contributed by atoms with Gasteiger partial charge in [0.05, 0.1) is 5.56 Å². The molecule has 0 aliphatic rings. The minimum Gasteiger partial charge on any atom is -0.200 e. The summed E-state index contributed by atoms with van der Waals surface area (Å²) in [5, 5.41) is 5.51. The molecule has 0 saturated heterocycles. The van der Waals surface area contributed by atoms with E-state index in [9.17, 15) is 0 Å². The lowest BCUT2D eigenvalue weighted by Crippen LogP contribution is -2.30. The van der Waals surface area contributed by atoms with Crippen molar-refractivity contribution in [1.29, 1.82) is 0 Å². The lowest BCUT2D eigenvalue weighted by atomic mass is 10.0. The highest BCUT2D eigenvalue weighted by molar-refractivity contribution is 7.30. The van der Waals surface area contributed by atoms with Crippen LogP contribution < -0.4 is 4.57 Å². The second-order valence-corrected chi connectivity index (χ2v) is 9.45. The van der Waals surface area contributed by atoms with Crippen LogP contribution in [0.3, 0.4) is 0 Å². The van der Waals surface area contributed by atoms with Crippen molar-refractivity contribution in [3.63, 3.8) is 0 Å². The van der Waals surface area contributed by atoms with Gasteiger partial charge in [0.1, 0.15) is 11.7 Å². The molecule has 0 aliphatic heterocycles. The van der Waals surface area contributed by atoms with Crippen LogP contribution in [0, 0.1) is 6.92 Å². The Morgan fingerprint density at radius 1 is 0.679 bits per heavy atom. The molecule has 0 unspecified atom stereocenters. The second kappa shape index (κ2) is 5.87. The molecule has 3 heterocycles. The van der Waals surface area contributed by atoms with Gasteiger partial charge in [0.25, 0.3) is 0 Å². The van der Waals surface area contributed by atoms with Crippen LogP contribution in [-0.4, -0.2) is 0 Å². The van der Waals surface area contributed by atoms with Gasteiger partial charge < -0.3 is 0 Å². The maximum atomic E-state index is 2.31. The molecule has 6 rings (SSSR count). The number of rotatable bonds is 1. The van der Waals surface area contributed by atoms with E-state index < -0.39 is 0 Å². The summed E-state index contributed by atoms with van der Waals surface area (Å²) in [5.74, 6) is 0. The molecule has 0 aliphatic carbocycles.